The lowest BCUT2D eigenvalue weighted by molar-refractivity contribution is -0.122. The van der Waals surface area contributed by atoms with Crippen molar-refractivity contribution in [2.75, 3.05) is 0 Å². The van der Waals surface area contributed by atoms with Crippen LogP contribution in [0.1, 0.15) is 39.5 Å². The second kappa shape index (κ2) is 5.86. The minimum absolute atomic E-state index is 0.134. The Hall–Kier alpha value is -0.890. The zero-order valence-corrected chi connectivity index (χ0v) is 9.61. The number of allylic oxidation sites excluding steroid dienone is 2. The fraction of sp³-hybridized carbons (Fsp3) is 0.615. The molecule has 1 heterocycles. The zero-order valence-electron chi connectivity index (χ0n) is 9.61. The number of hydrogen-bond acceptors (Lipinski definition) is 2. The van der Waals surface area contributed by atoms with Gasteiger partial charge in [0.05, 0.1) is 5.60 Å². The van der Waals surface area contributed by atoms with Crippen molar-refractivity contribution < 1.29 is 9.53 Å². The Labute approximate surface area is 92.0 Å². The predicted molar refractivity (Wildman–Crippen MR) is 61.8 cm³/mol. The van der Waals surface area contributed by atoms with Crippen LogP contribution in [0.15, 0.2) is 24.3 Å². The first kappa shape index (κ1) is 12.2. The molecular formula is C13H20O2. The van der Waals surface area contributed by atoms with Crippen molar-refractivity contribution in [1.82, 2.24) is 0 Å². The third-order valence-corrected chi connectivity index (χ3v) is 2.89. The molecule has 2 heteroatoms. The van der Waals surface area contributed by atoms with E-state index in [0.29, 0.717) is 0 Å². The Bertz CT molecular complexity index is 239. The molecule has 1 atom stereocenters. The summed E-state index contributed by atoms with van der Waals surface area (Å²) >= 11 is 0. The summed E-state index contributed by atoms with van der Waals surface area (Å²) < 4.78 is 5.83. The van der Waals surface area contributed by atoms with E-state index < -0.39 is 0 Å². The summed E-state index contributed by atoms with van der Waals surface area (Å²) in [6.45, 7) is 4.02. The maximum absolute atomic E-state index is 10.7. The minimum atomic E-state index is -0.194. The predicted octanol–water partition coefficient (Wildman–Crippen LogP) is 3.04. The van der Waals surface area contributed by atoms with Crippen LogP contribution in [-0.2, 0) is 9.53 Å². The topological polar surface area (TPSA) is 26.3 Å². The van der Waals surface area contributed by atoms with Gasteiger partial charge in [-0.25, -0.2) is 0 Å². The molecular weight excluding hydrogens is 188 g/mol. The van der Waals surface area contributed by atoms with Gasteiger partial charge in [0.1, 0.15) is 12.4 Å². The van der Waals surface area contributed by atoms with E-state index >= 15 is 0 Å². The van der Waals surface area contributed by atoms with Crippen molar-refractivity contribution in [3.05, 3.63) is 24.3 Å². The van der Waals surface area contributed by atoms with Crippen LogP contribution in [0.4, 0.5) is 0 Å². The van der Waals surface area contributed by atoms with Gasteiger partial charge in [-0.3, -0.25) is 0 Å². The molecule has 0 aromatic carbocycles. The molecule has 1 aliphatic rings. The van der Waals surface area contributed by atoms with Crippen LogP contribution >= 0.6 is 0 Å². The van der Waals surface area contributed by atoms with Gasteiger partial charge in [0.15, 0.2) is 0 Å². The van der Waals surface area contributed by atoms with Crippen molar-refractivity contribution in [3.63, 3.8) is 0 Å². The van der Waals surface area contributed by atoms with Crippen molar-refractivity contribution in [3.8, 4) is 0 Å². The highest BCUT2D eigenvalue weighted by molar-refractivity contribution is 5.56. The molecule has 1 aliphatic heterocycles. The summed E-state index contributed by atoms with van der Waals surface area (Å²) in [7, 11) is 0. The Kier molecular flexibility index (Phi) is 4.76. The van der Waals surface area contributed by atoms with E-state index in [-0.39, 0.29) is 11.7 Å². The van der Waals surface area contributed by atoms with Gasteiger partial charge in [0, 0.05) is 0 Å². The van der Waals surface area contributed by atoms with Crippen LogP contribution in [0.3, 0.4) is 0 Å². The summed E-state index contributed by atoms with van der Waals surface area (Å²) in [6.07, 6.45) is 12.7. The summed E-state index contributed by atoms with van der Waals surface area (Å²) in [6, 6.07) is 0. The number of aldehydes is 1. The van der Waals surface area contributed by atoms with Gasteiger partial charge in [-0.15, -0.1) is 0 Å². The average molecular weight is 208 g/mol. The number of ether oxygens (including phenoxy) is 1. The lowest BCUT2D eigenvalue weighted by Gasteiger charge is -2.26. The van der Waals surface area contributed by atoms with Crippen LogP contribution in [0.2, 0.25) is 0 Å². The lowest BCUT2D eigenvalue weighted by Crippen LogP contribution is -2.28. The van der Waals surface area contributed by atoms with Gasteiger partial charge < -0.3 is 9.53 Å². The molecule has 0 aliphatic carbocycles. The molecule has 0 amide bonds. The van der Waals surface area contributed by atoms with Gasteiger partial charge in [0.25, 0.3) is 0 Å². The molecule has 2 nitrogen and oxygen atoms in total. The van der Waals surface area contributed by atoms with E-state index in [0.717, 1.165) is 32.0 Å². The molecule has 1 rings (SSSR count). The van der Waals surface area contributed by atoms with E-state index in [2.05, 4.69) is 12.2 Å². The van der Waals surface area contributed by atoms with E-state index in [1.54, 1.807) is 0 Å². The summed E-state index contributed by atoms with van der Waals surface area (Å²) in [4.78, 5) is 10.7. The standard InChI is InChI=1S/C13H20O2/c1-3-5-8-13(9-6-4-2)10-7-12(11-14)15-13/h3-6,11-12H,7-10H2,1-2H3. The summed E-state index contributed by atoms with van der Waals surface area (Å²) in [5, 5.41) is 0. The third kappa shape index (κ3) is 3.31. The minimum Gasteiger partial charge on any atom is -0.364 e. The molecule has 0 aromatic rings. The van der Waals surface area contributed by atoms with E-state index in [9.17, 15) is 4.79 Å². The Morgan fingerprint density at radius 3 is 2.27 bits per heavy atom. The first-order chi connectivity index (χ1) is 7.26. The van der Waals surface area contributed by atoms with Crippen molar-refractivity contribution >= 4 is 6.29 Å². The highest BCUT2D eigenvalue weighted by Crippen LogP contribution is 2.36. The van der Waals surface area contributed by atoms with Crippen LogP contribution in [0, 0.1) is 0 Å². The fourth-order valence-corrected chi connectivity index (χ4v) is 1.99. The average Bonchev–Trinajstić information content (AvgIpc) is 2.68. The highest BCUT2D eigenvalue weighted by atomic mass is 16.5. The zero-order chi connectivity index (χ0) is 11.1. The maximum atomic E-state index is 10.7. The number of rotatable bonds is 5. The fourth-order valence-electron chi connectivity index (χ4n) is 1.99. The largest absolute Gasteiger partial charge is 0.364 e. The molecule has 1 fully saturated rings. The van der Waals surface area contributed by atoms with Gasteiger partial charge >= 0.3 is 0 Å². The maximum Gasteiger partial charge on any atom is 0.148 e. The molecule has 0 aromatic heterocycles. The molecule has 1 saturated heterocycles. The second-order valence-corrected chi connectivity index (χ2v) is 4.06. The quantitative estimate of drug-likeness (QED) is 0.513. The monoisotopic (exact) mass is 208 g/mol. The summed E-state index contributed by atoms with van der Waals surface area (Å²) in [5.41, 5.74) is -0.134. The first-order valence-corrected chi connectivity index (χ1v) is 5.62. The van der Waals surface area contributed by atoms with Gasteiger partial charge in [-0.1, -0.05) is 24.3 Å². The van der Waals surface area contributed by atoms with Gasteiger partial charge in [-0.05, 0) is 39.5 Å². The molecule has 0 saturated carbocycles. The number of hydrogen-bond donors (Lipinski definition) is 0. The molecule has 1 unspecified atom stereocenters. The second-order valence-electron chi connectivity index (χ2n) is 4.06. The van der Waals surface area contributed by atoms with Crippen LogP contribution in [0.25, 0.3) is 0 Å². The highest BCUT2D eigenvalue weighted by Gasteiger charge is 2.37. The molecule has 0 spiro atoms. The van der Waals surface area contributed by atoms with Gasteiger partial charge in [0.2, 0.25) is 0 Å². The van der Waals surface area contributed by atoms with Crippen molar-refractivity contribution in [2.24, 2.45) is 0 Å². The van der Waals surface area contributed by atoms with Crippen molar-refractivity contribution in [1.29, 1.82) is 0 Å². The molecule has 0 N–H and O–H groups in total. The Morgan fingerprint density at radius 1 is 1.27 bits per heavy atom. The van der Waals surface area contributed by atoms with Gasteiger partial charge in [-0.2, -0.15) is 0 Å². The van der Waals surface area contributed by atoms with Crippen LogP contribution in [-0.4, -0.2) is 18.0 Å². The van der Waals surface area contributed by atoms with E-state index in [1.807, 2.05) is 26.0 Å². The molecule has 0 bridgehead atoms. The van der Waals surface area contributed by atoms with E-state index in [1.165, 1.54) is 0 Å². The third-order valence-electron chi connectivity index (χ3n) is 2.89. The number of carbonyl (C=O) groups is 1. The first-order valence-electron chi connectivity index (χ1n) is 5.62. The Morgan fingerprint density at radius 2 is 1.87 bits per heavy atom. The van der Waals surface area contributed by atoms with Crippen molar-refractivity contribution in [2.45, 2.75) is 51.2 Å². The molecule has 0 radical (unpaired) electrons. The summed E-state index contributed by atoms with van der Waals surface area (Å²) in [5.74, 6) is 0. The molecule has 15 heavy (non-hydrogen) atoms. The van der Waals surface area contributed by atoms with Crippen LogP contribution in [0.5, 0.6) is 0 Å². The number of carbonyl (C=O) groups excluding carboxylic acids is 1. The normalized spacial score (nSPS) is 31.7. The molecule has 84 valence electrons. The van der Waals surface area contributed by atoms with E-state index in [4.69, 9.17) is 4.74 Å². The smallest absolute Gasteiger partial charge is 0.148 e. The van der Waals surface area contributed by atoms with Crippen LogP contribution < -0.4 is 0 Å². The lowest BCUT2D eigenvalue weighted by atomic mass is 9.91. The Balaban J connectivity index is 2.64. The SMILES string of the molecule is CC=CCC1(CC=CC)CCC(C=O)O1.